The van der Waals surface area contributed by atoms with E-state index in [2.05, 4.69) is 19.9 Å². The molecule has 0 amide bonds. The van der Waals surface area contributed by atoms with E-state index >= 15 is 0 Å². The van der Waals surface area contributed by atoms with E-state index in [1.807, 2.05) is 6.92 Å². The molecule has 3 aliphatic heterocycles. The fourth-order valence-corrected chi connectivity index (χ4v) is 6.85. The SMILES string of the molecule is CC1=C[C@H]2O[C@@H]3C[C@H]4OC(=O)/C=C\C=C\C(C(C)O)OCC/C(C)=C/C(=O)OC[C@@]2(CC1)[C@]4(C)[C@]31CO1. The summed E-state index contributed by atoms with van der Waals surface area (Å²) in [5.41, 5.74) is 0.318. The van der Waals surface area contributed by atoms with Crippen LogP contribution in [0.25, 0.3) is 0 Å². The minimum absolute atomic E-state index is 0.144. The van der Waals surface area contributed by atoms with Crippen molar-refractivity contribution in [2.75, 3.05) is 19.8 Å². The van der Waals surface area contributed by atoms with Crippen LogP contribution in [0.4, 0.5) is 0 Å². The van der Waals surface area contributed by atoms with Gasteiger partial charge in [-0.25, -0.2) is 9.59 Å². The Bertz CT molecular complexity index is 1050. The zero-order chi connectivity index (χ0) is 26.4. The average molecular weight is 515 g/mol. The first-order valence-corrected chi connectivity index (χ1v) is 13.3. The smallest absolute Gasteiger partial charge is 0.331 e. The Kier molecular flexibility index (Phi) is 6.98. The molecule has 2 aliphatic carbocycles. The number of epoxide rings is 1. The van der Waals surface area contributed by atoms with E-state index in [-0.39, 0.29) is 18.8 Å². The van der Waals surface area contributed by atoms with Gasteiger partial charge in [0.15, 0.2) is 0 Å². The lowest BCUT2D eigenvalue weighted by atomic mass is 9.51. The van der Waals surface area contributed by atoms with Crippen LogP contribution in [-0.2, 0) is 33.3 Å². The van der Waals surface area contributed by atoms with Crippen LogP contribution < -0.4 is 0 Å². The number of carbonyl (C=O) groups is 2. The summed E-state index contributed by atoms with van der Waals surface area (Å²) >= 11 is 0. The van der Waals surface area contributed by atoms with Crippen molar-refractivity contribution in [1.82, 2.24) is 0 Å². The molecule has 0 radical (unpaired) electrons. The standard InChI is InChI=1S/C29H38O8/c1-18-9-11-28-16-34-26(32)14-19(2)10-12-33-21(20(3)30)7-5-6-8-25(31)37-22-15-24(36-23(28)13-18)29(17-35-29)27(22,28)4/h5-8,13-14,20-24,30H,9-12,15-17H2,1-4H3/b7-5+,8-6-,19-14+/t20?,21?,22-,23-,24-,27-,28-,29+/m1/s1. The summed E-state index contributed by atoms with van der Waals surface area (Å²) < 4.78 is 30.6. The third-order valence-corrected chi connectivity index (χ3v) is 9.24. The first-order valence-electron chi connectivity index (χ1n) is 13.3. The van der Waals surface area contributed by atoms with Crippen LogP contribution in [0, 0.1) is 10.8 Å². The highest BCUT2D eigenvalue weighted by Crippen LogP contribution is 2.72. The van der Waals surface area contributed by atoms with Crippen LogP contribution in [0.1, 0.15) is 53.4 Å². The van der Waals surface area contributed by atoms with Crippen molar-refractivity contribution in [2.45, 2.75) is 89.5 Å². The number of carbonyl (C=O) groups excluding carboxylic acids is 2. The van der Waals surface area contributed by atoms with Gasteiger partial charge in [-0.1, -0.05) is 42.4 Å². The van der Waals surface area contributed by atoms with Gasteiger partial charge < -0.3 is 28.8 Å². The summed E-state index contributed by atoms with van der Waals surface area (Å²) in [6.07, 6.45) is 10.5. The average Bonchev–Trinajstić information content (AvgIpc) is 3.61. The molecule has 0 aromatic carbocycles. The molecule has 202 valence electrons. The van der Waals surface area contributed by atoms with Gasteiger partial charge in [-0.3, -0.25) is 0 Å². The highest BCUT2D eigenvalue weighted by atomic mass is 16.6. The van der Waals surface area contributed by atoms with Crippen LogP contribution in [0.15, 0.2) is 47.6 Å². The molecule has 3 heterocycles. The molecule has 8 nitrogen and oxygen atoms in total. The van der Waals surface area contributed by atoms with Crippen molar-refractivity contribution in [3.8, 4) is 0 Å². The molecule has 2 bridgehead atoms. The molecule has 5 rings (SSSR count). The van der Waals surface area contributed by atoms with E-state index < -0.39 is 46.7 Å². The molecular weight excluding hydrogens is 476 g/mol. The molecule has 8 atom stereocenters. The van der Waals surface area contributed by atoms with E-state index in [1.165, 1.54) is 17.7 Å². The molecule has 5 aliphatic rings. The second-order valence-corrected chi connectivity index (χ2v) is 11.4. The number of hydrogen-bond donors (Lipinski definition) is 1. The predicted octanol–water partition coefficient (Wildman–Crippen LogP) is 3.34. The predicted molar refractivity (Wildman–Crippen MR) is 134 cm³/mol. The van der Waals surface area contributed by atoms with E-state index in [0.717, 1.165) is 18.4 Å². The lowest BCUT2D eigenvalue weighted by Gasteiger charge is -2.58. The maximum atomic E-state index is 12.9. The lowest BCUT2D eigenvalue weighted by Crippen LogP contribution is -2.66. The lowest BCUT2D eigenvalue weighted by molar-refractivity contribution is -0.232. The molecule has 37 heavy (non-hydrogen) atoms. The Morgan fingerprint density at radius 1 is 1.05 bits per heavy atom. The van der Waals surface area contributed by atoms with E-state index in [9.17, 15) is 14.7 Å². The summed E-state index contributed by atoms with van der Waals surface area (Å²) in [4.78, 5) is 25.9. The number of allylic oxidation sites excluding steroid dienone is 3. The van der Waals surface area contributed by atoms with Crippen LogP contribution >= 0.6 is 0 Å². The van der Waals surface area contributed by atoms with Crippen molar-refractivity contribution in [3.05, 3.63) is 47.6 Å². The number of rotatable bonds is 1. The molecule has 2 unspecified atom stereocenters. The molecular formula is C29H38O8. The molecule has 2 saturated heterocycles. The number of aliphatic hydroxyl groups excluding tert-OH is 1. The third-order valence-electron chi connectivity index (χ3n) is 9.24. The van der Waals surface area contributed by atoms with Crippen molar-refractivity contribution < 1.29 is 38.4 Å². The second-order valence-electron chi connectivity index (χ2n) is 11.4. The molecule has 8 heteroatoms. The number of aliphatic hydroxyl groups is 1. The maximum absolute atomic E-state index is 12.9. The van der Waals surface area contributed by atoms with Gasteiger partial charge in [0, 0.05) is 24.0 Å². The van der Waals surface area contributed by atoms with Gasteiger partial charge in [-0.05, 0) is 40.0 Å². The van der Waals surface area contributed by atoms with Crippen LogP contribution in [0.3, 0.4) is 0 Å². The Hall–Kier alpha value is -2.26. The fourth-order valence-electron chi connectivity index (χ4n) is 6.85. The quantitative estimate of drug-likeness (QED) is 0.323. The topological polar surface area (TPSA) is 104 Å². The Morgan fingerprint density at radius 2 is 1.84 bits per heavy atom. The Morgan fingerprint density at radius 3 is 2.57 bits per heavy atom. The molecule has 3 fully saturated rings. The summed E-state index contributed by atoms with van der Waals surface area (Å²) in [5.74, 6) is -0.879. The van der Waals surface area contributed by atoms with Crippen molar-refractivity contribution >= 4 is 11.9 Å². The maximum Gasteiger partial charge on any atom is 0.331 e. The van der Waals surface area contributed by atoms with Crippen molar-refractivity contribution in [2.24, 2.45) is 10.8 Å². The number of ether oxygens (including phenoxy) is 5. The minimum Gasteiger partial charge on any atom is -0.462 e. The van der Waals surface area contributed by atoms with Gasteiger partial charge >= 0.3 is 11.9 Å². The summed E-state index contributed by atoms with van der Waals surface area (Å²) in [6, 6.07) is 0. The highest BCUT2D eigenvalue weighted by molar-refractivity contribution is 5.83. The Labute approximate surface area is 218 Å². The number of hydrogen-bond acceptors (Lipinski definition) is 8. The largest absolute Gasteiger partial charge is 0.462 e. The summed E-state index contributed by atoms with van der Waals surface area (Å²) in [5, 5.41) is 10.0. The first kappa shape index (κ1) is 26.4. The first-order chi connectivity index (χ1) is 17.6. The second kappa shape index (κ2) is 9.80. The van der Waals surface area contributed by atoms with Gasteiger partial charge in [0.05, 0.1) is 36.9 Å². The third kappa shape index (κ3) is 4.42. The Balaban J connectivity index is 1.51. The van der Waals surface area contributed by atoms with Gasteiger partial charge in [-0.2, -0.15) is 0 Å². The molecule has 2 spiro atoms. The molecule has 0 aromatic heterocycles. The summed E-state index contributed by atoms with van der Waals surface area (Å²) in [6.45, 7) is 8.73. The normalized spacial score (nSPS) is 46.2. The van der Waals surface area contributed by atoms with Crippen molar-refractivity contribution in [1.29, 1.82) is 0 Å². The van der Waals surface area contributed by atoms with E-state index in [1.54, 1.807) is 25.2 Å². The van der Waals surface area contributed by atoms with Gasteiger partial charge in [0.1, 0.15) is 24.4 Å². The minimum atomic E-state index is -0.735. The van der Waals surface area contributed by atoms with Crippen LogP contribution in [0.2, 0.25) is 0 Å². The zero-order valence-corrected chi connectivity index (χ0v) is 22.1. The van der Waals surface area contributed by atoms with Gasteiger partial charge in [0.25, 0.3) is 0 Å². The monoisotopic (exact) mass is 514 g/mol. The number of esters is 2. The van der Waals surface area contributed by atoms with E-state index in [4.69, 9.17) is 23.7 Å². The highest BCUT2D eigenvalue weighted by Gasteiger charge is 2.83. The molecule has 1 N–H and O–H groups in total. The van der Waals surface area contributed by atoms with E-state index in [0.29, 0.717) is 26.1 Å². The van der Waals surface area contributed by atoms with Gasteiger partial charge in [-0.15, -0.1) is 0 Å². The van der Waals surface area contributed by atoms with Gasteiger partial charge in [0.2, 0.25) is 0 Å². The molecule has 0 aromatic rings. The summed E-state index contributed by atoms with van der Waals surface area (Å²) in [7, 11) is 0. The van der Waals surface area contributed by atoms with Crippen LogP contribution in [-0.4, -0.2) is 73.0 Å². The zero-order valence-electron chi connectivity index (χ0n) is 22.1. The molecule has 1 saturated carbocycles. The van der Waals surface area contributed by atoms with Crippen molar-refractivity contribution in [3.63, 3.8) is 0 Å². The number of cyclic esters (lactones) is 1. The fraction of sp³-hybridized carbons (Fsp3) is 0.655. The van der Waals surface area contributed by atoms with Crippen LogP contribution in [0.5, 0.6) is 0 Å².